The van der Waals surface area contributed by atoms with Crippen LogP contribution in [0.15, 0.2) is 0 Å². The second-order valence-corrected chi connectivity index (χ2v) is 17.6. The lowest BCUT2D eigenvalue weighted by Crippen LogP contribution is -2.59. The van der Waals surface area contributed by atoms with E-state index in [1.165, 1.54) is 0 Å². The van der Waals surface area contributed by atoms with Crippen LogP contribution < -0.4 is 0 Å². The third-order valence-electron chi connectivity index (χ3n) is 1.43. The first kappa shape index (κ1) is 15.5. The monoisotopic (exact) mass is 268 g/mol. The number of aliphatic hydroxyl groups is 1. The zero-order valence-corrected chi connectivity index (χ0v) is 13.9. The van der Waals surface area contributed by atoms with E-state index in [9.17, 15) is 5.11 Å². The fourth-order valence-electron chi connectivity index (χ4n) is 1.17. The molecule has 7 heteroatoms. The number of aliphatic hydroxyl groups excluding tert-OH is 1. The third kappa shape index (κ3) is 6.61. The summed E-state index contributed by atoms with van der Waals surface area (Å²) >= 11 is 0. The molecule has 0 spiro atoms. The van der Waals surface area contributed by atoms with Crippen LogP contribution >= 0.6 is 0 Å². The van der Waals surface area contributed by atoms with Crippen molar-refractivity contribution in [3.05, 3.63) is 0 Å². The third-order valence-corrected chi connectivity index (χ3v) is 9.82. The van der Waals surface area contributed by atoms with Gasteiger partial charge in [-0.1, -0.05) is 0 Å². The van der Waals surface area contributed by atoms with Crippen LogP contribution in [0.1, 0.15) is 0 Å². The van der Waals surface area contributed by atoms with Gasteiger partial charge in [0.2, 0.25) is 0 Å². The highest BCUT2D eigenvalue weighted by Crippen LogP contribution is 2.20. The van der Waals surface area contributed by atoms with E-state index in [0.29, 0.717) is 0 Å². The maximum Gasteiger partial charge on any atom is 0.506 e. The molecule has 0 fully saturated rings. The normalized spacial score (nSPS) is 14.4. The Morgan fingerprint density at radius 2 is 1.20 bits per heavy atom. The molecule has 0 unspecified atom stereocenters. The van der Waals surface area contributed by atoms with Gasteiger partial charge in [-0.15, -0.1) is 0 Å². The van der Waals surface area contributed by atoms with Crippen molar-refractivity contribution < 1.29 is 17.8 Å². The molecule has 15 heavy (non-hydrogen) atoms. The van der Waals surface area contributed by atoms with Gasteiger partial charge in [-0.3, -0.25) is 0 Å². The Hall–Kier alpha value is 0.491. The van der Waals surface area contributed by atoms with E-state index < -0.39 is 25.4 Å². The number of rotatable bonds is 6. The molecule has 0 aromatic carbocycles. The van der Waals surface area contributed by atoms with Crippen LogP contribution in [0.25, 0.3) is 0 Å². The summed E-state index contributed by atoms with van der Waals surface area (Å²) in [6.07, 6.45) is -0.141. The lowest BCUT2D eigenvalue weighted by atomic mass is 11.7. The minimum absolute atomic E-state index is 0.141. The quantitative estimate of drug-likeness (QED) is 0.746. The Morgan fingerprint density at radius 3 is 1.33 bits per heavy atom. The average Bonchev–Trinajstić information content (AvgIpc) is 1.98. The SMILES string of the molecule is CO[Si](CO)(O[Si](C)(C)C)O[Si](C)(C)C. The average molecular weight is 269 g/mol. The molecule has 0 aromatic heterocycles. The molecule has 0 rings (SSSR count). The molecule has 0 aliphatic rings. The van der Waals surface area contributed by atoms with Gasteiger partial charge in [0.25, 0.3) is 0 Å². The van der Waals surface area contributed by atoms with Crippen molar-refractivity contribution in [3.8, 4) is 0 Å². The van der Waals surface area contributed by atoms with Crippen LogP contribution in [0, 0.1) is 0 Å². The lowest BCUT2D eigenvalue weighted by molar-refractivity contribution is 0.157. The molecule has 0 saturated heterocycles. The van der Waals surface area contributed by atoms with Crippen LogP contribution in [0.4, 0.5) is 0 Å². The van der Waals surface area contributed by atoms with E-state index in [4.69, 9.17) is 12.7 Å². The van der Waals surface area contributed by atoms with Crippen molar-refractivity contribution in [3.63, 3.8) is 0 Å². The molecular formula is C8H24O4Si3. The second-order valence-electron chi connectivity index (χ2n) is 5.47. The highest BCUT2D eigenvalue weighted by atomic mass is 28.5. The molecule has 4 nitrogen and oxygen atoms in total. The molecule has 0 amide bonds. The summed E-state index contributed by atoms with van der Waals surface area (Å²) in [5, 5.41) is 9.43. The fraction of sp³-hybridized carbons (Fsp3) is 1.00. The van der Waals surface area contributed by atoms with Gasteiger partial charge in [0.1, 0.15) is 6.23 Å². The molecule has 0 bridgehead atoms. The largest absolute Gasteiger partial charge is 0.506 e. The first-order valence-corrected chi connectivity index (χ1v) is 13.8. The maximum absolute atomic E-state index is 9.43. The van der Waals surface area contributed by atoms with Gasteiger partial charge < -0.3 is 17.8 Å². The molecule has 0 radical (unpaired) electrons. The summed E-state index contributed by atoms with van der Waals surface area (Å²) in [4.78, 5) is 0. The van der Waals surface area contributed by atoms with E-state index in [1.807, 2.05) is 0 Å². The smallest absolute Gasteiger partial charge is 0.415 e. The highest BCUT2D eigenvalue weighted by molar-refractivity contribution is 6.85. The predicted molar refractivity (Wildman–Crippen MR) is 68.7 cm³/mol. The molecule has 0 atom stereocenters. The van der Waals surface area contributed by atoms with Crippen LogP contribution in [0.3, 0.4) is 0 Å². The van der Waals surface area contributed by atoms with Gasteiger partial charge in [0, 0.05) is 7.11 Å². The van der Waals surface area contributed by atoms with Crippen LogP contribution in [0.2, 0.25) is 39.3 Å². The zero-order chi connectivity index (χ0) is 12.3. The minimum atomic E-state index is -2.84. The van der Waals surface area contributed by atoms with Crippen molar-refractivity contribution >= 4 is 25.4 Å². The van der Waals surface area contributed by atoms with Crippen LogP contribution in [-0.4, -0.2) is 43.9 Å². The van der Waals surface area contributed by atoms with Gasteiger partial charge in [0.15, 0.2) is 16.6 Å². The molecule has 0 aliphatic carbocycles. The predicted octanol–water partition coefficient (Wildman–Crippen LogP) is 1.81. The summed E-state index contributed by atoms with van der Waals surface area (Å²) in [5.41, 5.74) is 0. The van der Waals surface area contributed by atoms with Crippen molar-refractivity contribution in [1.29, 1.82) is 0 Å². The topological polar surface area (TPSA) is 47.9 Å². The summed E-state index contributed by atoms with van der Waals surface area (Å²) in [6, 6.07) is 0. The Labute approximate surface area is 96.2 Å². The molecule has 0 aromatic rings. The van der Waals surface area contributed by atoms with Crippen molar-refractivity contribution in [1.82, 2.24) is 0 Å². The Kier molecular flexibility index (Phi) is 5.38. The van der Waals surface area contributed by atoms with E-state index in [2.05, 4.69) is 39.3 Å². The number of hydrogen-bond donors (Lipinski definition) is 1. The second kappa shape index (κ2) is 5.21. The fourth-order valence-corrected chi connectivity index (χ4v) is 10.5. The highest BCUT2D eigenvalue weighted by Gasteiger charge is 2.46. The summed E-state index contributed by atoms with van der Waals surface area (Å²) < 4.78 is 17.2. The molecule has 0 saturated carbocycles. The van der Waals surface area contributed by atoms with Gasteiger partial charge in [-0.25, -0.2) is 0 Å². The molecule has 0 aliphatic heterocycles. The van der Waals surface area contributed by atoms with Crippen LogP contribution in [0.5, 0.6) is 0 Å². The first-order chi connectivity index (χ1) is 6.54. The van der Waals surface area contributed by atoms with Gasteiger partial charge in [0.05, 0.1) is 0 Å². The van der Waals surface area contributed by atoms with E-state index in [1.54, 1.807) is 7.11 Å². The summed E-state index contributed by atoms with van der Waals surface area (Å²) in [6.45, 7) is 12.4. The summed E-state index contributed by atoms with van der Waals surface area (Å²) in [7, 11) is -4.80. The van der Waals surface area contributed by atoms with E-state index in [0.717, 1.165) is 0 Å². The minimum Gasteiger partial charge on any atom is -0.415 e. The Morgan fingerprint density at radius 1 is 0.867 bits per heavy atom. The van der Waals surface area contributed by atoms with Crippen molar-refractivity contribution in [2.45, 2.75) is 39.3 Å². The standard InChI is InChI=1S/C8H24O4Si3/c1-10-15(8-9,11-13(2,3)4)12-14(5,6)7/h9H,8H2,1-7H3. The molecule has 1 N–H and O–H groups in total. The zero-order valence-electron chi connectivity index (χ0n) is 10.9. The molecular weight excluding hydrogens is 244 g/mol. The van der Waals surface area contributed by atoms with E-state index in [-0.39, 0.29) is 6.23 Å². The Bertz CT molecular complexity index is 175. The van der Waals surface area contributed by atoms with Crippen molar-refractivity contribution in [2.75, 3.05) is 13.3 Å². The van der Waals surface area contributed by atoms with Crippen molar-refractivity contribution in [2.24, 2.45) is 0 Å². The van der Waals surface area contributed by atoms with Gasteiger partial charge in [-0.05, 0) is 39.3 Å². The van der Waals surface area contributed by atoms with Crippen LogP contribution in [-0.2, 0) is 12.7 Å². The van der Waals surface area contributed by atoms with E-state index >= 15 is 0 Å². The maximum atomic E-state index is 9.43. The number of hydrogen-bond acceptors (Lipinski definition) is 4. The first-order valence-electron chi connectivity index (χ1n) is 5.10. The molecule has 0 heterocycles. The molecule has 92 valence electrons. The van der Waals surface area contributed by atoms with Gasteiger partial charge in [-0.2, -0.15) is 0 Å². The van der Waals surface area contributed by atoms with Gasteiger partial charge >= 0.3 is 8.80 Å². The lowest BCUT2D eigenvalue weighted by Gasteiger charge is -2.37. The summed E-state index contributed by atoms with van der Waals surface area (Å²) in [5.74, 6) is 0. The Balaban J connectivity index is 4.74.